The normalized spacial score (nSPS) is 11.5. The van der Waals surface area contributed by atoms with Gasteiger partial charge in [-0.05, 0) is 102 Å². The second-order valence-corrected chi connectivity index (χ2v) is 9.81. The highest BCUT2D eigenvalue weighted by Gasteiger charge is 2.10. The number of nitrogens with zero attached hydrogens (tertiary/aromatic N) is 2. The van der Waals surface area contributed by atoms with Crippen LogP contribution in [0.3, 0.4) is 0 Å². The van der Waals surface area contributed by atoms with Crippen molar-refractivity contribution in [3.63, 3.8) is 0 Å². The van der Waals surface area contributed by atoms with E-state index in [1.165, 1.54) is 0 Å². The van der Waals surface area contributed by atoms with Crippen LogP contribution < -0.4 is 30.7 Å². The first-order valence-electron chi connectivity index (χ1n) is 14.4. The van der Waals surface area contributed by atoms with Gasteiger partial charge in [-0.25, -0.2) is 19.6 Å². The van der Waals surface area contributed by atoms with E-state index < -0.39 is 12.2 Å². The number of guanidine groups is 2. The van der Waals surface area contributed by atoms with E-state index in [1.807, 2.05) is 70.2 Å². The number of hydrogen-bond acceptors (Lipinski definition) is 8. The molecule has 12 heteroatoms. The summed E-state index contributed by atoms with van der Waals surface area (Å²) in [6.45, 7) is 11.6. The van der Waals surface area contributed by atoms with Gasteiger partial charge in [-0.2, -0.15) is 0 Å². The fourth-order valence-electron chi connectivity index (χ4n) is 3.60. The third kappa shape index (κ3) is 11.9. The molecule has 0 heterocycles. The monoisotopic (exact) mass is 604 g/mol. The number of amides is 2. The zero-order valence-electron chi connectivity index (χ0n) is 25.8. The van der Waals surface area contributed by atoms with Crippen molar-refractivity contribution in [3.8, 4) is 23.0 Å². The molecule has 0 spiro atoms. The summed E-state index contributed by atoms with van der Waals surface area (Å²) < 4.78 is 21.9. The van der Waals surface area contributed by atoms with Crippen LogP contribution in [-0.2, 0) is 9.47 Å². The maximum absolute atomic E-state index is 11.9. The second-order valence-electron chi connectivity index (χ2n) is 9.81. The molecular weight excluding hydrogens is 564 g/mol. The fourth-order valence-corrected chi connectivity index (χ4v) is 3.60. The number of anilines is 2. The molecule has 0 aliphatic rings. The third-order valence-corrected chi connectivity index (χ3v) is 5.28. The lowest BCUT2D eigenvalue weighted by Gasteiger charge is -2.14. The van der Waals surface area contributed by atoms with Gasteiger partial charge in [0.25, 0.3) is 0 Å². The Balaban J connectivity index is 1.61. The maximum Gasteiger partial charge on any atom is 0.413 e. The summed E-state index contributed by atoms with van der Waals surface area (Å²) in [6, 6.07) is 21.6. The van der Waals surface area contributed by atoms with Crippen LogP contribution in [0.15, 0.2) is 82.8 Å². The molecule has 234 valence electrons. The summed E-state index contributed by atoms with van der Waals surface area (Å²) >= 11 is 0. The van der Waals surface area contributed by atoms with Gasteiger partial charge in [0, 0.05) is 29.5 Å². The molecular formula is C32H40N6O6. The van der Waals surface area contributed by atoms with Gasteiger partial charge >= 0.3 is 12.2 Å². The minimum atomic E-state index is -0.581. The maximum atomic E-state index is 11.9. The van der Waals surface area contributed by atoms with Crippen LogP contribution in [0.25, 0.3) is 0 Å². The number of carbonyl (C=O) groups excluding carboxylic acids is 2. The molecule has 0 unspecified atom stereocenters. The number of alkyl carbamates (subject to hydrolysis) is 2. The largest absolute Gasteiger partial charge is 0.457 e. The van der Waals surface area contributed by atoms with Crippen LogP contribution in [0.2, 0.25) is 0 Å². The molecule has 0 aliphatic carbocycles. The summed E-state index contributed by atoms with van der Waals surface area (Å²) in [6.07, 6.45) is -1.16. The molecule has 0 atom stereocenters. The lowest BCUT2D eigenvalue weighted by Crippen LogP contribution is -2.37. The van der Waals surface area contributed by atoms with Crippen molar-refractivity contribution in [2.75, 3.05) is 23.8 Å². The van der Waals surface area contributed by atoms with Gasteiger partial charge in [-0.1, -0.05) is 6.07 Å². The van der Waals surface area contributed by atoms with Crippen LogP contribution in [0.1, 0.15) is 41.5 Å². The van der Waals surface area contributed by atoms with Gasteiger partial charge in [0.05, 0.1) is 13.2 Å². The number of hydrogen-bond donors (Lipinski definition) is 4. The Hall–Kier alpha value is -5.26. The Bertz CT molecular complexity index is 1320. The summed E-state index contributed by atoms with van der Waals surface area (Å²) in [5.41, 5.74) is 1.42. The molecule has 0 saturated heterocycles. The van der Waals surface area contributed by atoms with Crippen LogP contribution >= 0.6 is 0 Å². The van der Waals surface area contributed by atoms with Crippen molar-refractivity contribution in [2.24, 2.45) is 9.98 Å². The Morgan fingerprint density at radius 3 is 1.34 bits per heavy atom. The predicted molar refractivity (Wildman–Crippen MR) is 172 cm³/mol. The average molecular weight is 605 g/mol. The van der Waals surface area contributed by atoms with E-state index in [0.29, 0.717) is 46.3 Å². The quantitative estimate of drug-likeness (QED) is 0.142. The minimum Gasteiger partial charge on any atom is -0.457 e. The van der Waals surface area contributed by atoms with Gasteiger partial charge in [0.1, 0.15) is 23.0 Å². The first-order chi connectivity index (χ1) is 21.1. The number of benzene rings is 3. The zero-order valence-corrected chi connectivity index (χ0v) is 25.8. The molecule has 4 N–H and O–H groups in total. The summed E-state index contributed by atoms with van der Waals surface area (Å²) in [5, 5.41) is 11.4. The fraction of sp³-hybridized carbons (Fsp3) is 0.312. The summed E-state index contributed by atoms with van der Waals surface area (Å²) in [7, 11) is 0. The van der Waals surface area contributed by atoms with E-state index in [2.05, 4.69) is 31.3 Å². The van der Waals surface area contributed by atoms with E-state index in [4.69, 9.17) is 18.9 Å². The third-order valence-electron chi connectivity index (χ3n) is 5.28. The van der Waals surface area contributed by atoms with Gasteiger partial charge in [-0.15, -0.1) is 0 Å². The molecule has 0 aromatic heterocycles. The Kier molecular flexibility index (Phi) is 12.8. The van der Waals surface area contributed by atoms with Crippen molar-refractivity contribution >= 4 is 35.5 Å². The lowest BCUT2D eigenvalue weighted by molar-refractivity contribution is 0.156. The van der Waals surface area contributed by atoms with Crippen molar-refractivity contribution < 1.29 is 28.5 Å². The summed E-state index contributed by atoms with van der Waals surface area (Å²) in [5.74, 6) is 2.98. The molecule has 0 bridgehead atoms. The smallest absolute Gasteiger partial charge is 0.413 e. The van der Waals surface area contributed by atoms with E-state index in [9.17, 15) is 9.59 Å². The molecule has 0 saturated carbocycles. The second kappa shape index (κ2) is 17.0. The molecule has 3 aromatic carbocycles. The van der Waals surface area contributed by atoms with Gasteiger partial charge in [0.2, 0.25) is 11.9 Å². The van der Waals surface area contributed by atoms with Gasteiger partial charge < -0.3 is 29.6 Å². The molecule has 3 aromatic rings. The van der Waals surface area contributed by atoms with Crippen molar-refractivity contribution in [3.05, 3.63) is 72.8 Å². The van der Waals surface area contributed by atoms with E-state index in [1.54, 1.807) is 44.2 Å². The van der Waals surface area contributed by atoms with E-state index in [-0.39, 0.29) is 25.3 Å². The number of aliphatic imine (C=N–C) groups is 2. The van der Waals surface area contributed by atoms with Crippen molar-refractivity contribution in [1.29, 1.82) is 0 Å². The van der Waals surface area contributed by atoms with E-state index >= 15 is 0 Å². The highest BCUT2D eigenvalue weighted by molar-refractivity contribution is 6.03. The standard InChI is InChI=1S/C32H40N6O6/c1-7-41-31(39)37-29(33-21(3)4)35-23-12-16-25(17-13-23)43-27-10-9-11-28(20-27)44-26-18-14-24(15-19-26)36-30(34-22(5)6)38-32(40)42-8-2/h9-22H,7-8H2,1-6H3,(H2,33,35,37,39)(H2,34,36,38,40). The van der Waals surface area contributed by atoms with Crippen LogP contribution in [0.5, 0.6) is 23.0 Å². The number of nitrogens with one attached hydrogen (secondary N) is 4. The first kappa shape index (κ1) is 33.2. The highest BCUT2D eigenvalue weighted by atomic mass is 16.6. The lowest BCUT2D eigenvalue weighted by atomic mass is 10.3. The molecule has 2 amide bonds. The predicted octanol–water partition coefficient (Wildman–Crippen LogP) is 7.12. The van der Waals surface area contributed by atoms with E-state index in [0.717, 1.165) is 0 Å². The number of rotatable bonds is 10. The Labute approximate surface area is 257 Å². The zero-order chi connectivity index (χ0) is 31.9. The molecule has 12 nitrogen and oxygen atoms in total. The summed E-state index contributed by atoms with van der Waals surface area (Å²) in [4.78, 5) is 32.5. The minimum absolute atomic E-state index is 0.0386. The SMILES string of the molecule is CCOC(=O)NC(=NC(C)C)Nc1ccc(Oc2cccc(Oc3ccc(NC(=NC(C)C)NC(=O)OCC)cc3)c2)cc1. The van der Waals surface area contributed by atoms with Crippen molar-refractivity contribution in [1.82, 2.24) is 10.6 Å². The molecule has 44 heavy (non-hydrogen) atoms. The van der Waals surface area contributed by atoms with Crippen LogP contribution in [0, 0.1) is 0 Å². The first-order valence-corrected chi connectivity index (χ1v) is 14.4. The van der Waals surface area contributed by atoms with Crippen LogP contribution in [0.4, 0.5) is 21.0 Å². The Morgan fingerprint density at radius 2 is 1.00 bits per heavy atom. The Morgan fingerprint density at radius 1 is 0.614 bits per heavy atom. The average Bonchev–Trinajstić information content (AvgIpc) is 2.95. The van der Waals surface area contributed by atoms with Gasteiger partial charge in [0.15, 0.2) is 0 Å². The molecule has 0 aliphatic heterocycles. The number of ether oxygens (including phenoxy) is 4. The highest BCUT2D eigenvalue weighted by Crippen LogP contribution is 2.29. The molecule has 0 radical (unpaired) electrons. The van der Waals surface area contributed by atoms with Gasteiger partial charge in [-0.3, -0.25) is 10.6 Å². The van der Waals surface area contributed by atoms with Crippen LogP contribution in [-0.4, -0.2) is 49.4 Å². The molecule has 3 rings (SSSR count). The number of carbonyl (C=O) groups is 2. The molecule has 0 fully saturated rings. The van der Waals surface area contributed by atoms with Crippen molar-refractivity contribution in [2.45, 2.75) is 53.6 Å². The topological polar surface area (TPSA) is 144 Å².